The number of hydrogen-bond acceptors (Lipinski definition) is 7. The van der Waals surface area contributed by atoms with Crippen LogP contribution in [-0.2, 0) is 10.0 Å². The molecule has 0 saturated carbocycles. The van der Waals surface area contributed by atoms with Crippen LogP contribution in [0.15, 0.2) is 70.5 Å². The number of H-pyrrole nitrogens is 1. The molecular weight excluding hydrogens is 513 g/mol. The van der Waals surface area contributed by atoms with Gasteiger partial charge in [0.1, 0.15) is 22.9 Å². The van der Waals surface area contributed by atoms with Crippen LogP contribution in [0.4, 0.5) is 4.39 Å². The van der Waals surface area contributed by atoms with E-state index >= 15 is 0 Å². The highest BCUT2D eigenvalue weighted by molar-refractivity contribution is 7.90. The third-order valence-electron chi connectivity index (χ3n) is 5.65. The molecule has 4 aromatic rings. The SMILES string of the molecule is COc1cc(F)ccc1-c1ccc(C(=O)NS(=O)(=O)c2ccc[nH]c2=O)c(Oc2c(C)cc(C)cc2C)n1. The van der Waals surface area contributed by atoms with E-state index in [4.69, 9.17) is 9.47 Å². The minimum absolute atomic E-state index is 0.196. The molecule has 0 spiro atoms. The van der Waals surface area contributed by atoms with Gasteiger partial charge in [-0.05, 0) is 68.3 Å². The van der Waals surface area contributed by atoms with Gasteiger partial charge >= 0.3 is 0 Å². The van der Waals surface area contributed by atoms with Gasteiger partial charge in [0.2, 0.25) is 5.88 Å². The average Bonchev–Trinajstić information content (AvgIpc) is 2.85. The smallest absolute Gasteiger partial charge is 0.270 e. The van der Waals surface area contributed by atoms with E-state index in [-0.39, 0.29) is 22.9 Å². The van der Waals surface area contributed by atoms with E-state index in [1.54, 1.807) is 0 Å². The van der Waals surface area contributed by atoms with Crippen molar-refractivity contribution in [1.82, 2.24) is 14.7 Å². The van der Waals surface area contributed by atoms with Crippen LogP contribution in [0.3, 0.4) is 0 Å². The number of ether oxygens (including phenoxy) is 2. The quantitative estimate of drug-likeness (QED) is 0.357. The standard InChI is InChI=1S/C27H24FN3O6S/c1-15-12-16(2)24(17(3)13-15)37-27-20(25(32)31-38(34,35)23-6-5-11-29-26(23)33)9-10-21(30-27)19-8-7-18(28)14-22(19)36-4/h5-14H,1-4H3,(H,29,33)(H,31,32). The third-order valence-corrected chi connectivity index (χ3v) is 7.00. The van der Waals surface area contributed by atoms with Crippen LogP contribution in [0.5, 0.6) is 17.4 Å². The van der Waals surface area contributed by atoms with Gasteiger partial charge in [0, 0.05) is 17.8 Å². The van der Waals surface area contributed by atoms with Crippen molar-refractivity contribution in [2.75, 3.05) is 7.11 Å². The monoisotopic (exact) mass is 537 g/mol. The van der Waals surface area contributed by atoms with Gasteiger partial charge in [-0.15, -0.1) is 0 Å². The van der Waals surface area contributed by atoms with Crippen molar-refractivity contribution in [2.24, 2.45) is 0 Å². The highest BCUT2D eigenvalue weighted by atomic mass is 32.2. The lowest BCUT2D eigenvalue weighted by Crippen LogP contribution is -2.34. The molecule has 2 aromatic heterocycles. The Hall–Kier alpha value is -4.51. The molecule has 0 saturated heterocycles. The number of carbonyl (C=O) groups excluding carboxylic acids is 1. The summed E-state index contributed by atoms with van der Waals surface area (Å²) in [6.07, 6.45) is 1.27. The summed E-state index contributed by atoms with van der Waals surface area (Å²) in [7, 11) is -3.13. The molecule has 0 aliphatic rings. The van der Waals surface area contributed by atoms with E-state index in [0.717, 1.165) is 22.8 Å². The molecule has 4 rings (SSSR count). The fourth-order valence-corrected chi connectivity index (χ4v) is 5.02. The van der Waals surface area contributed by atoms with E-state index in [0.29, 0.717) is 11.3 Å². The third kappa shape index (κ3) is 5.42. The zero-order valence-corrected chi connectivity index (χ0v) is 21.8. The van der Waals surface area contributed by atoms with Crippen LogP contribution in [0.25, 0.3) is 11.3 Å². The van der Waals surface area contributed by atoms with Gasteiger partial charge in [0.25, 0.3) is 21.5 Å². The van der Waals surface area contributed by atoms with Crippen LogP contribution >= 0.6 is 0 Å². The topological polar surface area (TPSA) is 127 Å². The number of carbonyl (C=O) groups is 1. The van der Waals surface area contributed by atoms with E-state index in [2.05, 4.69) is 9.97 Å². The summed E-state index contributed by atoms with van der Waals surface area (Å²) in [6, 6.07) is 12.9. The first-order valence-corrected chi connectivity index (χ1v) is 12.8. The Morgan fingerprint density at radius 3 is 2.39 bits per heavy atom. The molecule has 2 aromatic carbocycles. The first-order valence-electron chi connectivity index (χ1n) is 11.4. The number of aryl methyl sites for hydroxylation is 3. The minimum atomic E-state index is -4.52. The summed E-state index contributed by atoms with van der Waals surface area (Å²) in [4.78, 5) is 31.3. The molecule has 9 nitrogen and oxygen atoms in total. The van der Waals surface area contributed by atoms with Crippen molar-refractivity contribution in [3.63, 3.8) is 0 Å². The van der Waals surface area contributed by atoms with Crippen LogP contribution < -0.4 is 19.8 Å². The van der Waals surface area contributed by atoms with Crippen molar-refractivity contribution in [2.45, 2.75) is 25.7 Å². The lowest BCUT2D eigenvalue weighted by molar-refractivity contribution is 0.0978. The summed E-state index contributed by atoms with van der Waals surface area (Å²) in [6.45, 7) is 5.58. The number of aromatic nitrogens is 2. The van der Waals surface area contributed by atoms with Crippen molar-refractivity contribution in [3.8, 4) is 28.6 Å². The second kappa shape index (κ2) is 10.5. The molecule has 0 aliphatic heterocycles. The maximum absolute atomic E-state index is 13.8. The minimum Gasteiger partial charge on any atom is -0.496 e. The second-order valence-electron chi connectivity index (χ2n) is 8.52. The Balaban J connectivity index is 1.83. The van der Waals surface area contributed by atoms with Gasteiger partial charge in [-0.2, -0.15) is 0 Å². The Morgan fingerprint density at radius 2 is 1.74 bits per heavy atom. The summed E-state index contributed by atoms with van der Waals surface area (Å²) in [5.74, 6) is -1.13. The molecule has 11 heteroatoms. The molecule has 0 atom stereocenters. The number of nitrogens with zero attached hydrogens (tertiary/aromatic N) is 1. The molecule has 38 heavy (non-hydrogen) atoms. The molecule has 0 unspecified atom stereocenters. The molecule has 1 amide bonds. The van der Waals surface area contributed by atoms with E-state index < -0.39 is 32.2 Å². The Morgan fingerprint density at radius 1 is 1.03 bits per heavy atom. The zero-order valence-electron chi connectivity index (χ0n) is 21.0. The highest BCUT2D eigenvalue weighted by Crippen LogP contribution is 2.35. The summed E-state index contributed by atoms with van der Waals surface area (Å²) >= 11 is 0. The van der Waals surface area contributed by atoms with Crippen LogP contribution in [-0.4, -0.2) is 31.4 Å². The van der Waals surface area contributed by atoms with Gasteiger partial charge in [0.15, 0.2) is 4.90 Å². The number of aromatic amines is 1. The number of sulfonamides is 1. The fraction of sp³-hybridized carbons (Fsp3) is 0.148. The summed E-state index contributed by atoms with van der Waals surface area (Å²) in [5, 5.41) is 0. The van der Waals surface area contributed by atoms with Crippen molar-refractivity contribution in [1.29, 1.82) is 0 Å². The van der Waals surface area contributed by atoms with Gasteiger partial charge in [-0.25, -0.2) is 22.5 Å². The number of halogens is 1. The largest absolute Gasteiger partial charge is 0.496 e. The summed E-state index contributed by atoms with van der Waals surface area (Å²) < 4.78 is 52.6. The van der Waals surface area contributed by atoms with Crippen LogP contribution in [0.2, 0.25) is 0 Å². The average molecular weight is 538 g/mol. The predicted octanol–water partition coefficient (Wildman–Crippen LogP) is 4.42. The second-order valence-corrected chi connectivity index (χ2v) is 10.2. The summed E-state index contributed by atoms with van der Waals surface area (Å²) in [5.41, 5.74) is 2.16. The van der Waals surface area contributed by atoms with E-state index in [1.807, 2.05) is 37.6 Å². The van der Waals surface area contributed by atoms with E-state index in [1.165, 1.54) is 49.7 Å². The fourth-order valence-electron chi connectivity index (χ4n) is 3.99. The Kier molecular flexibility index (Phi) is 7.31. The Labute approximate surface area is 218 Å². The lowest BCUT2D eigenvalue weighted by atomic mass is 10.1. The first-order chi connectivity index (χ1) is 18.0. The predicted molar refractivity (Wildman–Crippen MR) is 139 cm³/mol. The zero-order chi connectivity index (χ0) is 27.6. The van der Waals surface area contributed by atoms with Crippen molar-refractivity contribution < 1.29 is 27.1 Å². The Bertz CT molecular complexity index is 1690. The highest BCUT2D eigenvalue weighted by Gasteiger charge is 2.26. The molecule has 2 heterocycles. The number of benzene rings is 2. The normalized spacial score (nSPS) is 11.2. The number of pyridine rings is 2. The molecule has 2 N–H and O–H groups in total. The maximum Gasteiger partial charge on any atom is 0.270 e. The lowest BCUT2D eigenvalue weighted by Gasteiger charge is -2.16. The van der Waals surface area contributed by atoms with Gasteiger partial charge in [-0.3, -0.25) is 9.59 Å². The van der Waals surface area contributed by atoms with Crippen LogP contribution in [0.1, 0.15) is 27.0 Å². The van der Waals surface area contributed by atoms with Gasteiger partial charge < -0.3 is 14.5 Å². The molecule has 0 aliphatic carbocycles. The molecular formula is C27H24FN3O6S. The number of amides is 1. The molecule has 196 valence electrons. The maximum atomic E-state index is 13.8. The molecule has 0 bridgehead atoms. The first kappa shape index (κ1) is 26.6. The van der Waals surface area contributed by atoms with Crippen molar-refractivity contribution in [3.05, 3.63) is 99.2 Å². The van der Waals surface area contributed by atoms with Gasteiger partial charge in [0.05, 0.1) is 12.8 Å². The number of nitrogens with one attached hydrogen (secondary N) is 2. The van der Waals surface area contributed by atoms with Crippen molar-refractivity contribution >= 4 is 15.9 Å². The molecule has 0 fully saturated rings. The van der Waals surface area contributed by atoms with E-state index in [9.17, 15) is 22.4 Å². The van der Waals surface area contributed by atoms with Crippen LogP contribution in [0, 0.1) is 26.6 Å². The number of hydrogen-bond donors (Lipinski definition) is 2. The number of rotatable bonds is 7. The van der Waals surface area contributed by atoms with Gasteiger partial charge in [-0.1, -0.05) is 17.7 Å². The molecule has 0 radical (unpaired) electrons. The number of methoxy groups -OCH3 is 1.